The number of hydrogen-bond donors (Lipinski definition) is 1. The number of benzene rings is 1. The van der Waals surface area contributed by atoms with E-state index in [4.69, 9.17) is 0 Å². The first-order valence-corrected chi connectivity index (χ1v) is 6.33. The van der Waals surface area contributed by atoms with Crippen LogP contribution in [-0.4, -0.2) is 15.2 Å². The third-order valence-electron chi connectivity index (χ3n) is 2.76. The summed E-state index contributed by atoms with van der Waals surface area (Å²) in [6.45, 7) is 0. The van der Waals surface area contributed by atoms with Gasteiger partial charge in [-0.05, 0) is 29.8 Å². The van der Waals surface area contributed by atoms with Gasteiger partial charge in [0.05, 0.1) is 11.9 Å². The number of aromatic nitrogens is 3. The van der Waals surface area contributed by atoms with Gasteiger partial charge in [0.25, 0.3) is 0 Å². The number of nitrogens with one attached hydrogen (secondary N) is 1. The Balaban J connectivity index is 2.10. The van der Waals surface area contributed by atoms with Crippen LogP contribution in [0.5, 0.6) is 0 Å². The lowest BCUT2D eigenvalue weighted by molar-refractivity contribution is 1.09. The molecule has 0 saturated carbocycles. The van der Waals surface area contributed by atoms with Crippen molar-refractivity contribution in [3.8, 4) is 22.4 Å². The highest BCUT2D eigenvalue weighted by atomic mass is 79.9. The fourth-order valence-electron chi connectivity index (χ4n) is 1.87. The molecule has 2 heterocycles. The zero-order chi connectivity index (χ0) is 12.4. The fourth-order valence-corrected chi connectivity index (χ4v) is 2.14. The largest absolute Gasteiger partial charge is 0.277 e. The number of rotatable bonds is 2. The van der Waals surface area contributed by atoms with Crippen LogP contribution in [0.3, 0.4) is 0 Å². The van der Waals surface area contributed by atoms with Gasteiger partial charge in [-0.2, -0.15) is 5.10 Å². The van der Waals surface area contributed by atoms with E-state index in [0.717, 1.165) is 26.9 Å². The van der Waals surface area contributed by atoms with Crippen molar-refractivity contribution in [2.45, 2.75) is 0 Å². The van der Waals surface area contributed by atoms with Gasteiger partial charge in [-0.3, -0.25) is 10.1 Å². The Hall–Kier alpha value is -1.94. The van der Waals surface area contributed by atoms with Gasteiger partial charge in [0.2, 0.25) is 0 Å². The minimum absolute atomic E-state index is 1.01. The molecule has 3 aromatic rings. The summed E-state index contributed by atoms with van der Waals surface area (Å²) in [5.41, 5.74) is 4.33. The summed E-state index contributed by atoms with van der Waals surface area (Å²) in [6, 6.07) is 12.1. The molecule has 0 unspecified atom stereocenters. The average Bonchev–Trinajstić information content (AvgIpc) is 2.90. The Labute approximate surface area is 113 Å². The second kappa shape index (κ2) is 4.74. The van der Waals surface area contributed by atoms with E-state index in [-0.39, 0.29) is 0 Å². The molecule has 0 aliphatic carbocycles. The van der Waals surface area contributed by atoms with E-state index in [9.17, 15) is 0 Å². The minimum Gasteiger partial charge on any atom is -0.277 e. The second-order valence-electron chi connectivity index (χ2n) is 3.90. The van der Waals surface area contributed by atoms with E-state index in [2.05, 4.69) is 43.2 Å². The molecule has 0 aliphatic heterocycles. The lowest BCUT2D eigenvalue weighted by atomic mass is 10.0. The van der Waals surface area contributed by atoms with Crippen LogP contribution in [0.25, 0.3) is 22.4 Å². The number of pyridine rings is 1. The number of H-pyrrole nitrogens is 1. The van der Waals surface area contributed by atoms with Gasteiger partial charge in [-0.1, -0.05) is 28.1 Å². The molecule has 3 rings (SSSR count). The van der Waals surface area contributed by atoms with E-state index >= 15 is 0 Å². The van der Waals surface area contributed by atoms with Crippen LogP contribution in [0, 0.1) is 0 Å². The Bertz CT molecular complexity index is 644. The highest BCUT2D eigenvalue weighted by molar-refractivity contribution is 9.10. The van der Waals surface area contributed by atoms with Gasteiger partial charge in [0.1, 0.15) is 0 Å². The third kappa shape index (κ3) is 2.07. The summed E-state index contributed by atoms with van der Waals surface area (Å²) in [7, 11) is 0. The molecule has 88 valence electrons. The topological polar surface area (TPSA) is 41.6 Å². The van der Waals surface area contributed by atoms with Gasteiger partial charge in [-0.15, -0.1) is 0 Å². The maximum Gasteiger partial charge on any atom is 0.0729 e. The quantitative estimate of drug-likeness (QED) is 0.780. The second-order valence-corrected chi connectivity index (χ2v) is 4.82. The van der Waals surface area contributed by atoms with Crippen molar-refractivity contribution in [1.29, 1.82) is 0 Å². The predicted octanol–water partition coefficient (Wildman–Crippen LogP) is 3.90. The molecule has 0 fully saturated rings. The smallest absolute Gasteiger partial charge is 0.0729 e. The molecule has 0 saturated heterocycles. The summed E-state index contributed by atoms with van der Waals surface area (Å²) in [5, 5.41) is 7.19. The van der Waals surface area contributed by atoms with Crippen molar-refractivity contribution in [3.05, 3.63) is 59.5 Å². The number of aromatic amines is 1. The molecule has 0 amide bonds. The predicted molar refractivity (Wildman–Crippen MR) is 75.0 cm³/mol. The van der Waals surface area contributed by atoms with Gasteiger partial charge in [-0.25, -0.2) is 0 Å². The van der Waals surface area contributed by atoms with Gasteiger partial charge in [0, 0.05) is 28.0 Å². The summed E-state index contributed by atoms with van der Waals surface area (Å²) in [5.74, 6) is 0. The lowest BCUT2D eigenvalue weighted by Crippen LogP contribution is -1.83. The zero-order valence-corrected chi connectivity index (χ0v) is 11.1. The summed E-state index contributed by atoms with van der Waals surface area (Å²) < 4.78 is 1.07. The first kappa shape index (κ1) is 11.2. The summed E-state index contributed by atoms with van der Waals surface area (Å²) in [4.78, 5) is 4.03. The van der Waals surface area contributed by atoms with E-state index < -0.39 is 0 Å². The maximum absolute atomic E-state index is 4.14. The third-order valence-corrected chi connectivity index (χ3v) is 3.29. The summed E-state index contributed by atoms with van der Waals surface area (Å²) >= 11 is 3.44. The van der Waals surface area contributed by atoms with E-state index in [1.54, 1.807) is 12.4 Å². The molecule has 0 spiro atoms. The SMILES string of the molecule is Brc1ccc(-c2cn[nH]c2-c2ccncc2)cc1. The molecule has 1 N–H and O–H groups in total. The molecule has 3 nitrogen and oxygen atoms in total. The van der Waals surface area contributed by atoms with Crippen LogP contribution in [0.15, 0.2) is 59.5 Å². The highest BCUT2D eigenvalue weighted by Crippen LogP contribution is 2.30. The van der Waals surface area contributed by atoms with Crippen LogP contribution in [0.2, 0.25) is 0 Å². The van der Waals surface area contributed by atoms with E-state index in [1.165, 1.54) is 0 Å². The molecule has 0 aliphatic rings. The normalized spacial score (nSPS) is 10.5. The monoisotopic (exact) mass is 299 g/mol. The van der Waals surface area contributed by atoms with Crippen LogP contribution in [0.1, 0.15) is 0 Å². The first-order valence-electron chi connectivity index (χ1n) is 5.54. The molecule has 0 bridgehead atoms. The molecular weight excluding hydrogens is 290 g/mol. The van der Waals surface area contributed by atoms with Crippen LogP contribution >= 0.6 is 15.9 Å². The molecule has 2 aromatic heterocycles. The van der Waals surface area contributed by atoms with Gasteiger partial charge in [0.15, 0.2) is 0 Å². The van der Waals surface area contributed by atoms with Crippen molar-refractivity contribution in [1.82, 2.24) is 15.2 Å². The van der Waals surface area contributed by atoms with Crippen LogP contribution < -0.4 is 0 Å². The number of hydrogen-bond acceptors (Lipinski definition) is 2. The Morgan fingerprint density at radius 3 is 2.33 bits per heavy atom. The molecule has 1 aromatic carbocycles. The number of halogens is 1. The zero-order valence-electron chi connectivity index (χ0n) is 9.47. The van der Waals surface area contributed by atoms with Crippen LogP contribution in [0.4, 0.5) is 0 Å². The van der Waals surface area contributed by atoms with Crippen molar-refractivity contribution < 1.29 is 0 Å². The highest BCUT2D eigenvalue weighted by Gasteiger charge is 2.09. The lowest BCUT2D eigenvalue weighted by Gasteiger charge is -2.03. The number of nitrogens with zero attached hydrogens (tertiary/aromatic N) is 2. The molecule has 0 radical (unpaired) electrons. The molecule has 4 heteroatoms. The summed E-state index contributed by atoms with van der Waals surface area (Å²) in [6.07, 6.45) is 5.40. The minimum atomic E-state index is 1.01. The standard InChI is InChI=1S/C14H10BrN3/c15-12-3-1-10(2-4-12)13-9-17-18-14(13)11-5-7-16-8-6-11/h1-9H,(H,17,18). The van der Waals surface area contributed by atoms with Crippen molar-refractivity contribution in [2.24, 2.45) is 0 Å². The Morgan fingerprint density at radius 1 is 0.889 bits per heavy atom. The Kier molecular flexibility index (Phi) is 2.94. The molecule has 18 heavy (non-hydrogen) atoms. The van der Waals surface area contributed by atoms with E-state index in [0.29, 0.717) is 0 Å². The van der Waals surface area contributed by atoms with Crippen molar-refractivity contribution in [3.63, 3.8) is 0 Å². The van der Waals surface area contributed by atoms with Crippen molar-refractivity contribution in [2.75, 3.05) is 0 Å². The average molecular weight is 300 g/mol. The van der Waals surface area contributed by atoms with Gasteiger partial charge >= 0.3 is 0 Å². The maximum atomic E-state index is 4.14. The van der Waals surface area contributed by atoms with Crippen molar-refractivity contribution >= 4 is 15.9 Å². The van der Waals surface area contributed by atoms with Gasteiger partial charge < -0.3 is 0 Å². The van der Waals surface area contributed by atoms with Crippen LogP contribution in [-0.2, 0) is 0 Å². The fraction of sp³-hybridized carbons (Fsp3) is 0. The first-order chi connectivity index (χ1) is 8.84. The van der Waals surface area contributed by atoms with E-state index in [1.807, 2.05) is 30.5 Å². The molecule has 0 atom stereocenters. The Morgan fingerprint density at radius 2 is 1.61 bits per heavy atom. The molecular formula is C14H10BrN3.